The number of rotatable bonds is 11. The molecule has 0 aliphatic rings. The summed E-state index contributed by atoms with van der Waals surface area (Å²) in [4.78, 5) is 19.0. The number of benzene rings is 2. The number of esters is 1. The Bertz CT molecular complexity index is 1140. The predicted octanol–water partition coefficient (Wildman–Crippen LogP) is 5.29. The second kappa shape index (κ2) is 12.5. The maximum atomic E-state index is 12.2. The summed E-state index contributed by atoms with van der Waals surface area (Å²) in [5, 5.41) is 15.3. The third-order valence-electron chi connectivity index (χ3n) is 5.28. The molecule has 0 bridgehead atoms. The van der Waals surface area contributed by atoms with Gasteiger partial charge in [0.2, 0.25) is 0 Å². The third kappa shape index (κ3) is 6.67. The van der Waals surface area contributed by atoms with Crippen LogP contribution in [0.3, 0.4) is 0 Å². The average Bonchev–Trinajstić information content (AvgIpc) is 3.37. The number of allylic oxidation sites excluding steroid dienone is 1. The number of thiazole rings is 1. The molecule has 0 spiro atoms. The van der Waals surface area contributed by atoms with Crippen LogP contribution in [-0.2, 0) is 4.74 Å². The number of anilines is 1. The number of nitrogens with one attached hydrogen (secondary N) is 1. The Morgan fingerprint density at radius 3 is 2.47 bits per heavy atom. The van der Waals surface area contributed by atoms with Gasteiger partial charge in [-0.3, -0.25) is 0 Å². The summed E-state index contributed by atoms with van der Waals surface area (Å²) < 4.78 is 10.5. The van der Waals surface area contributed by atoms with Gasteiger partial charge < -0.3 is 19.7 Å². The fraction of sp³-hybridized carbons (Fsp3) is 0.269. The molecule has 0 saturated carbocycles. The quantitative estimate of drug-likeness (QED) is 0.297. The summed E-state index contributed by atoms with van der Waals surface area (Å²) in [5.41, 5.74) is 3.41. The van der Waals surface area contributed by atoms with Gasteiger partial charge in [-0.15, -0.1) is 11.3 Å². The largest absolute Gasteiger partial charge is 0.497 e. The summed E-state index contributed by atoms with van der Waals surface area (Å²) in [6.07, 6.45) is 1.62. The second-order valence-electron chi connectivity index (χ2n) is 7.32. The first-order chi connectivity index (χ1) is 16.6. The minimum atomic E-state index is -0.346. The zero-order chi connectivity index (χ0) is 24.3. The normalized spacial score (nSPS) is 11.2. The van der Waals surface area contributed by atoms with Crippen molar-refractivity contribution in [3.63, 3.8) is 0 Å². The van der Waals surface area contributed by atoms with Gasteiger partial charge in [0.15, 0.2) is 0 Å². The Kier molecular flexibility index (Phi) is 9.21. The van der Waals surface area contributed by atoms with E-state index in [0.717, 1.165) is 42.3 Å². The molecule has 3 rings (SSSR count). The fourth-order valence-corrected chi connectivity index (χ4v) is 3.98. The van der Waals surface area contributed by atoms with E-state index in [1.165, 1.54) is 11.3 Å². The highest BCUT2D eigenvalue weighted by atomic mass is 32.1. The fourth-order valence-electron chi connectivity index (χ4n) is 3.18. The Morgan fingerprint density at radius 1 is 1.15 bits per heavy atom. The van der Waals surface area contributed by atoms with Crippen molar-refractivity contribution in [1.82, 2.24) is 9.88 Å². The Morgan fingerprint density at radius 2 is 1.85 bits per heavy atom. The highest BCUT2D eigenvalue weighted by molar-refractivity contribution is 7.11. The van der Waals surface area contributed by atoms with Crippen LogP contribution in [0.4, 0.5) is 5.69 Å². The van der Waals surface area contributed by atoms with E-state index >= 15 is 0 Å². The molecule has 8 heteroatoms. The first kappa shape index (κ1) is 25.0. The first-order valence-corrected chi connectivity index (χ1v) is 11.9. The van der Waals surface area contributed by atoms with E-state index in [4.69, 9.17) is 9.47 Å². The Balaban J connectivity index is 1.60. The molecule has 1 heterocycles. The van der Waals surface area contributed by atoms with Crippen molar-refractivity contribution in [1.29, 1.82) is 5.26 Å². The topological polar surface area (TPSA) is 87.5 Å². The molecular weight excluding hydrogens is 448 g/mol. The highest BCUT2D eigenvalue weighted by Crippen LogP contribution is 2.27. The van der Waals surface area contributed by atoms with E-state index in [-0.39, 0.29) is 5.97 Å². The first-order valence-electron chi connectivity index (χ1n) is 11.0. The van der Waals surface area contributed by atoms with E-state index in [1.54, 1.807) is 37.6 Å². The van der Waals surface area contributed by atoms with Crippen molar-refractivity contribution in [2.24, 2.45) is 0 Å². The zero-order valence-corrected chi connectivity index (χ0v) is 20.4. The molecule has 7 nitrogen and oxygen atoms in total. The zero-order valence-electron chi connectivity index (χ0n) is 19.6. The summed E-state index contributed by atoms with van der Waals surface area (Å²) >= 11 is 1.40. The third-order valence-corrected chi connectivity index (χ3v) is 6.16. The SMILES string of the molecule is CCN(CC)CCOC(=O)c1ccc(NC=C(C#N)c2nc(-c3ccc(OC)cc3)cs2)cc1. The van der Waals surface area contributed by atoms with Gasteiger partial charge in [0.25, 0.3) is 0 Å². The van der Waals surface area contributed by atoms with Crippen LogP contribution in [0.1, 0.15) is 29.2 Å². The summed E-state index contributed by atoms with van der Waals surface area (Å²) in [7, 11) is 1.63. The molecule has 3 aromatic rings. The number of likely N-dealkylation sites (N-methyl/N-ethyl adjacent to an activating group) is 1. The summed E-state index contributed by atoms with van der Waals surface area (Å²) in [5.74, 6) is 0.431. The van der Waals surface area contributed by atoms with Gasteiger partial charge in [0, 0.05) is 29.4 Å². The summed E-state index contributed by atoms with van der Waals surface area (Å²) in [6.45, 7) is 7.10. The van der Waals surface area contributed by atoms with E-state index in [0.29, 0.717) is 22.8 Å². The molecule has 0 amide bonds. The predicted molar refractivity (Wildman–Crippen MR) is 136 cm³/mol. The number of carbonyl (C=O) groups is 1. The molecule has 34 heavy (non-hydrogen) atoms. The number of carbonyl (C=O) groups excluding carboxylic acids is 1. The number of nitriles is 1. The van der Waals surface area contributed by atoms with Gasteiger partial charge in [-0.2, -0.15) is 5.26 Å². The number of hydrogen-bond donors (Lipinski definition) is 1. The number of ether oxygens (including phenoxy) is 2. The van der Waals surface area contributed by atoms with E-state index in [2.05, 4.69) is 35.1 Å². The van der Waals surface area contributed by atoms with Crippen LogP contribution in [0.5, 0.6) is 5.75 Å². The number of hydrogen-bond acceptors (Lipinski definition) is 8. The van der Waals surface area contributed by atoms with Gasteiger partial charge in [0.05, 0.1) is 18.4 Å². The molecule has 0 aliphatic heterocycles. The van der Waals surface area contributed by atoms with Gasteiger partial charge >= 0.3 is 5.97 Å². The molecule has 1 aromatic heterocycles. The molecule has 176 valence electrons. The van der Waals surface area contributed by atoms with Gasteiger partial charge in [-0.25, -0.2) is 9.78 Å². The monoisotopic (exact) mass is 476 g/mol. The minimum absolute atomic E-state index is 0.346. The summed E-state index contributed by atoms with van der Waals surface area (Å²) in [6, 6.07) is 16.8. The molecule has 0 fully saturated rings. The van der Waals surface area contributed by atoms with Crippen LogP contribution >= 0.6 is 11.3 Å². The average molecular weight is 477 g/mol. The van der Waals surface area contributed by atoms with Gasteiger partial charge in [-0.1, -0.05) is 13.8 Å². The standard InChI is InChI=1S/C26H28N4O3S/c1-4-30(5-2)14-15-33-26(31)20-6-10-22(11-7-20)28-17-21(16-27)25-29-24(18-34-25)19-8-12-23(32-3)13-9-19/h6-13,17-18,28H,4-5,14-15H2,1-3H3. The van der Waals surface area contributed by atoms with Crippen LogP contribution < -0.4 is 10.1 Å². The van der Waals surface area contributed by atoms with Crippen molar-refractivity contribution >= 4 is 28.6 Å². The molecule has 0 aliphatic carbocycles. The number of methoxy groups -OCH3 is 1. The Hall–Kier alpha value is -3.67. The van der Waals surface area contributed by atoms with Gasteiger partial charge in [-0.05, 0) is 61.6 Å². The van der Waals surface area contributed by atoms with Crippen molar-refractivity contribution in [3.8, 4) is 23.1 Å². The molecular formula is C26H28N4O3S. The molecule has 0 atom stereocenters. The van der Waals surface area contributed by atoms with Crippen LogP contribution in [-0.4, -0.2) is 49.2 Å². The lowest BCUT2D eigenvalue weighted by Gasteiger charge is -2.17. The maximum Gasteiger partial charge on any atom is 0.338 e. The van der Waals surface area contributed by atoms with E-state index < -0.39 is 0 Å². The van der Waals surface area contributed by atoms with Crippen LogP contribution in [0.15, 0.2) is 60.1 Å². The van der Waals surface area contributed by atoms with Crippen molar-refractivity contribution in [2.75, 3.05) is 38.7 Å². The minimum Gasteiger partial charge on any atom is -0.497 e. The molecule has 0 radical (unpaired) electrons. The lowest BCUT2D eigenvalue weighted by Crippen LogP contribution is -2.27. The van der Waals surface area contributed by atoms with Crippen LogP contribution in [0.2, 0.25) is 0 Å². The highest BCUT2D eigenvalue weighted by Gasteiger charge is 2.10. The number of aromatic nitrogens is 1. The molecule has 0 unspecified atom stereocenters. The molecule has 0 saturated heterocycles. The Labute approximate surface area is 204 Å². The van der Waals surface area contributed by atoms with Crippen molar-refractivity contribution < 1.29 is 14.3 Å². The smallest absolute Gasteiger partial charge is 0.338 e. The van der Waals surface area contributed by atoms with Gasteiger partial charge in [0.1, 0.15) is 29.0 Å². The maximum absolute atomic E-state index is 12.2. The van der Waals surface area contributed by atoms with E-state index in [1.807, 2.05) is 29.6 Å². The molecule has 1 N–H and O–H groups in total. The van der Waals surface area contributed by atoms with Crippen LogP contribution in [0, 0.1) is 11.3 Å². The van der Waals surface area contributed by atoms with Crippen molar-refractivity contribution in [2.45, 2.75) is 13.8 Å². The number of nitrogens with zero attached hydrogens (tertiary/aromatic N) is 3. The lowest BCUT2D eigenvalue weighted by atomic mass is 10.2. The van der Waals surface area contributed by atoms with E-state index in [9.17, 15) is 10.1 Å². The molecule has 2 aromatic carbocycles. The second-order valence-corrected chi connectivity index (χ2v) is 8.18. The van der Waals surface area contributed by atoms with Crippen molar-refractivity contribution in [3.05, 3.63) is 70.7 Å². The van der Waals surface area contributed by atoms with Crippen LogP contribution in [0.25, 0.3) is 16.8 Å². The lowest BCUT2D eigenvalue weighted by molar-refractivity contribution is 0.0466.